The molecule has 2 rings (SSSR count). The number of nitriles is 1. The molecule has 0 saturated heterocycles. The standard InChI is InChI=1S/C13H10N2O3/c1-17-10-5-2-4-9(8-14)12(10)15-13(16)11-6-3-7-18-11/h2-7H,1H3,(H,15,16). The summed E-state index contributed by atoms with van der Waals surface area (Å²) >= 11 is 0. The first kappa shape index (κ1) is 11.7. The highest BCUT2D eigenvalue weighted by Gasteiger charge is 2.15. The van der Waals surface area contributed by atoms with E-state index >= 15 is 0 Å². The number of hydrogen-bond acceptors (Lipinski definition) is 4. The quantitative estimate of drug-likeness (QED) is 0.896. The van der Waals surface area contributed by atoms with E-state index in [1.54, 1.807) is 24.3 Å². The molecule has 0 saturated carbocycles. The van der Waals surface area contributed by atoms with Gasteiger partial charge in [-0.05, 0) is 24.3 Å². The molecule has 5 heteroatoms. The summed E-state index contributed by atoms with van der Waals surface area (Å²) in [5.41, 5.74) is 0.665. The number of carbonyl (C=O) groups is 1. The lowest BCUT2D eigenvalue weighted by molar-refractivity contribution is 0.0996. The fraction of sp³-hybridized carbons (Fsp3) is 0.0769. The van der Waals surface area contributed by atoms with Gasteiger partial charge in [-0.25, -0.2) is 0 Å². The molecule has 1 N–H and O–H groups in total. The maximum absolute atomic E-state index is 11.8. The highest BCUT2D eigenvalue weighted by atomic mass is 16.5. The van der Waals surface area contributed by atoms with Crippen molar-refractivity contribution in [3.63, 3.8) is 0 Å². The number of amides is 1. The molecule has 0 aliphatic rings. The number of carbonyl (C=O) groups excluding carboxylic acids is 1. The van der Waals surface area contributed by atoms with Gasteiger partial charge in [-0.3, -0.25) is 4.79 Å². The summed E-state index contributed by atoms with van der Waals surface area (Å²) in [7, 11) is 1.47. The number of para-hydroxylation sites is 1. The molecule has 1 aromatic heterocycles. The minimum Gasteiger partial charge on any atom is -0.495 e. The lowest BCUT2D eigenvalue weighted by Crippen LogP contribution is -2.12. The third-order valence-electron chi connectivity index (χ3n) is 2.35. The zero-order valence-electron chi connectivity index (χ0n) is 9.64. The van der Waals surface area contributed by atoms with Crippen LogP contribution in [0.2, 0.25) is 0 Å². The van der Waals surface area contributed by atoms with Crippen molar-refractivity contribution in [1.82, 2.24) is 0 Å². The van der Waals surface area contributed by atoms with Crippen LogP contribution in [-0.4, -0.2) is 13.0 Å². The van der Waals surface area contributed by atoms with Crippen molar-refractivity contribution < 1.29 is 13.9 Å². The van der Waals surface area contributed by atoms with E-state index < -0.39 is 5.91 Å². The maximum atomic E-state index is 11.8. The van der Waals surface area contributed by atoms with E-state index in [4.69, 9.17) is 14.4 Å². The van der Waals surface area contributed by atoms with Crippen LogP contribution in [0.4, 0.5) is 5.69 Å². The van der Waals surface area contributed by atoms with Gasteiger partial charge in [-0.15, -0.1) is 0 Å². The van der Waals surface area contributed by atoms with Crippen molar-refractivity contribution in [2.45, 2.75) is 0 Å². The Labute approximate surface area is 104 Å². The van der Waals surface area contributed by atoms with Crippen LogP contribution in [-0.2, 0) is 0 Å². The van der Waals surface area contributed by atoms with Crippen LogP contribution in [0.1, 0.15) is 16.1 Å². The smallest absolute Gasteiger partial charge is 0.291 e. The minimum absolute atomic E-state index is 0.171. The topological polar surface area (TPSA) is 75.3 Å². The number of nitrogens with zero attached hydrogens (tertiary/aromatic N) is 1. The van der Waals surface area contributed by atoms with Crippen molar-refractivity contribution in [3.8, 4) is 11.8 Å². The molecule has 0 aliphatic carbocycles. The summed E-state index contributed by atoms with van der Waals surface area (Å²) in [5, 5.41) is 11.6. The fourth-order valence-corrected chi connectivity index (χ4v) is 1.51. The van der Waals surface area contributed by atoms with Gasteiger partial charge in [-0.2, -0.15) is 5.26 Å². The zero-order valence-corrected chi connectivity index (χ0v) is 9.64. The molecule has 1 aromatic carbocycles. The van der Waals surface area contributed by atoms with Gasteiger partial charge in [-0.1, -0.05) is 6.07 Å². The van der Waals surface area contributed by atoms with E-state index in [-0.39, 0.29) is 5.76 Å². The van der Waals surface area contributed by atoms with Gasteiger partial charge < -0.3 is 14.5 Å². The van der Waals surface area contributed by atoms with Gasteiger partial charge in [0, 0.05) is 0 Å². The number of benzene rings is 1. The van der Waals surface area contributed by atoms with Crippen molar-refractivity contribution in [3.05, 3.63) is 47.9 Å². The fourth-order valence-electron chi connectivity index (χ4n) is 1.51. The van der Waals surface area contributed by atoms with E-state index in [1.165, 1.54) is 19.4 Å². The van der Waals surface area contributed by atoms with Crippen molar-refractivity contribution in [1.29, 1.82) is 5.26 Å². The Hall–Kier alpha value is -2.74. The molecule has 0 fully saturated rings. The average Bonchev–Trinajstić information content (AvgIpc) is 2.93. The predicted molar refractivity (Wildman–Crippen MR) is 64.4 cm³/mol. The molecule has 1 heterocycles. The van der Waals surface area contributed by atoms with Gasteiger partial charge >= 0.3 is 0 Å². The summed E-state index contributed by atoms with van der Waals surface area (Å²) in [6, 6.07) is 10.1. The van der Waals surface area contributed by atoms with Crippen LogP contribution in [0.3, 0.4) is 0 Å². The van der Waals surface area contributed by atoms with Crippen LogP contribution < -0.4 is 10.1 Å². The number of hydrogen-bond donors (Lipinski definition) is 1. The van der Waals surface area contributed by atoms with Crippen LogP contribution in [0, 0.1) is 11.3 Å². The Morgan fingerprint density at radius 1 is 1.39 bits per heavy atom. The van der Waals surface area contributed by atoms with Crippen molar-refractivity contribution >= 4 is 11.6 Å². The first-order valence-corrected chi connectivity index (χ1v) is 5.18. The van der Waals surface area contributed by atoms with E-state index in [0.29, 0.717) is 17.0 Å². The largest absolute Gasteiger partial charge is 0.495 e. The highest BCUT2D eigenvalue weighted by Crippen LogP contribution is 2.28. The summed E-state index contributed by atoms with van der Waals surface area (Å²) in [6.07, 6.45) is 1.41. The lowest BCUT2D eigenvalue weighted by atomic mass is 10.1. The van der Waals surface area contributed by atoms with Gasteiger partial charge in [0.1, 0.15) is 17.5 Å². The van der Waals surface area contributed by atoms with Gasteiger partial charge in [0.2, 0.25) is 0 Å². The minimum atomic E-state index is -0.430. The number of methoxy groups -OCH3 is 1. The number of rotatable bonds is 3. The summed E-state index contributed by atoms with van der Waals surface area (Å²) in [5.74, 6) is 0.166. The van der Waals surface area contributed by atoms with Crippen LogP contribution in [0.5, 0.6) is 5.75 Å². The van der Waals surface area contributed by atoms with Gasteiger partial charge in [0.25, 0.3) is 5.91 Å². The van der Waals surface area contributed by atoms with Crippen LogP contribution >= 0.6 is 0 Å². The Balaban J connectivity index is 2.34. The second-order valence-corrected chi connectivity index (χ2v) is 3.43. The molecule has 0 bridgehead atoms. The molecule has 90 valence electrons. The van der Waals surface area contributed by atoms with Crippen LogP contribution in [0.25, 0.3) is 0 Å². The Bertz CT molecular complexity index is 597. The SMILES string of the molecule is COc1cccc(C#N)c1NC(=O)c1ccco1. The first-order valence-electron chi connectivity index (χ1n) is 5.18. The molecule has 5 nitrogen and oxygen atoms in total. The first-order chi connectivity index (χ1) is 8.76. The van der Waals surface area contributed by atoms with E-state index in [1.807, 2.05) is 6.07 Å². The molecule has 0 aliphatic heterocycles. The van der Waals surface area contributed by atoms with Crippen LogP contribution in [0.15, 0.2) is 41.0 Å². The number of ether oxygens (including phenoxy) is 1. The normalized spacial score (nSPS) is 9.56. The Kier molecular flexibility index (Phi) is 3.30. The monoisotopic (exact) mass is 242 g/mol. The molecule has 18 heavy (non-hydrogen) atoms. The molecular weight excluding hydrogens is 232 g/mol. The molecule has 0 unspecified atom stereocenters. The second kappa shape index (κ2) is 5.06. The molecular formula is C13H10N2O3. The van der Waals surface area contributed by atoms with E-state index in [2.05, 4.69) is 5.32 Å². The molecule has 2 aromatic rings. The highest BCUT2D eigenvalue weighted by molar-refractivity contribution is 6.03. The Morgan fingerprint density at radius 3 is 2.83 bits per heavy atom. The third kappa shape index (κ3) is 2.18. The van der Waals surface area contributed by atoms with Crippen molar-refractivity contribution in [2.24, 2.45) is 0 Å². The number of anilines is 1. The molecule has 0 radical (unpaired) electrons. The van der Waals surface area contributed by atoms with E-state index in [9.17, 15) is 4.79 Å². The average molecular weight is 242 g/mol. The van der Waals surface area contributed by atoms with Gasteiger partial charge in [0.15, 0.2) is 5.76 Å². The maximum Gasteiger partial charge on any atom is 0.291 e. The van der Waals surface area contributed by atoms with Gasteiger partial charge in [0.05, 0.1) is 18.9 Å². The number of nitrogens with one attached hydrogen (secondary N) is 1. The number of furan rings is 1. The Morgan fingerprint density at radius 2 is 2.22 bits per heavy atom. The lowest BCUT2D eigenvalue weighted by Gasteiger charge is -2.10. The summed E-state index contributed by atoms with van der Waals surface area (Å²) in [4.78, 5) is 11.8. The second-order valence-electron chi connectivity index (χ2n) is 3.43. The third-order valence-corrected chi connectivity index (χ3v) is 2.35. The summed E-state index contributed by atoms with van der Waals surface area (Å²) in [6.45, 7) is 0. The molecule has 0 atom stereocenters. The molecule has 1 amide bonds. The van der Waals surface area contributed by atoms with Crippen molar-refractivity contribution in [2.75, 3.05) is 12.4 Å². The zero-order chi connectivity index (χ0) is 13.0. The molecule has 0 spiro atoms. The predicted octanol–water partition coefficient (Wildman–Crippen LogP) is 2.41. The summed E-state index contributed by atoms with van der Waals surface area (Å²) < 4.78 is 10.1. The van der Waals surface area contributed by atoms with E-state index in [0.717, 1.165) is 0 Å².